The molecule has 0 bridgehead atoms. The lowest BCUT2D eigenvalue weighted by atomic mass is 10.2. The molecule has 10 heteroatoms. The molecule has 1 aromatic heterocycles. The minimum atomic E-state index is -4.01. The number of benzene rings is 2. The van der Waals surface area contributed by atoms with E-state index in [2.05, 4.69) is 4.98 Å². The molecule has 0 unspecified atom stereocenters. The average Bonchev–Trinajstić information content (AvgIpc) is 3.09. The molecule has 0 amide bonds. The lowest BCUT2D eigenvalue weighted by Crippen LogP contribution is -2.25. The summed E-state index contributed by atoms with van der Waals surface area (Å²) in [5, 5.41) is 11.0. The Labute approximate surface area is 185 Å². The van der Waals surface area contributed by atoms with Gasteiger partial charge in [-0.15, -0.1) is 0 Å². The van der Waals surface area contributed by atoms with Crippen LogP contribution < -0.4 is 9.64 Å². The molecule has 4 rings (SSSR count). The second kappa shape index (κ2) is 8.99. The SMILES string of the molecule is COc1ccc(S(=O)(=O)c2nc(-c3cccc([N+](=O)[O-])c3)oc2N2CCCCCC2)cc1. The van der Waals surface area contributed by atoms with Gasteiger partial charge in [0.15, 0.2) is 0 Å². The van der Waals surface area contributed by atoms with Gasteiger partial charge in [-0.2, -0.15) is 4.98 Å². The van der Waals surface area contributed by atoms with Gasteiger partial charge in [-0.3, -0.25) is 10.1 Å². The van der Waals surface area contributed by atoms with Crippen LogP contribution in [-0.4, -0.2) is 38.5 Å². The van der Waals surface area contributed by atoms with Crippen LogP contribution >= 0.6 is 0 Å². The van der Waals surface area contributed by atoms with Crippen LogP contribution in [0.3, 0.4) is 0 Å². The summed E-state index contributed by atoms with van der Waals surface area (Å²) < 4.78 is 38.1. The first-order valence-corrected chi connectivity index (χ1v) is 11.8. The molecular weight excluding hydrogens is 434 g/mol. The van der Waals surface area contributed by atoms with Crippen molar-refractivity contribution in [2.75, 3.05) is 25.1 Å². The maximum absolute atomic E-state index is 13.5. The summed E-state index contributed by atoms with van der Waals surface area (Å²) in [5.41, 5.74) is 0.211. The van der Waals surface area contributed by atoms with E-state index in [-0.39, 0.29) is 27.4 Å². The fourth-order valence-corrected chi connectivity index (χ4v) is 5.01. The van der Waals surface area contributed by atoms with Gasteiger partial charge in [0, 0.05) is 30.8 Å². The van der Waals surface area contributed by atoms with E-state index in [0.717, 1.165) is 25.7 Å². The molecule has 32 heavy (non-hydrogen) atoms. The molecule has 1 aliphatic rings. The molecule has 0 saturated carbocycles. The van der Waals surface area contributed by atoms with Crippen LogP contribution in [0.15, 0.2) is 62.9 Å². The van der Waals surface area contributed by atoms with Crippen LogP contribution in [0, 0.1) is 10.1 Å². The number of sulfone groups is 1. The number of rotatable bonds is 6. The zero-order valence-electron chi connectivity index (χ0n) is 17.6. The van der Waals surface area contributed by atoms with Crippen LogP contribution in [0.25, 0.3) is 11.5 Å². The lowest BCUT2D eigenvalue weighted by molar-refractivity contribution is -0.384. The Hall–Kier alpha value is -3.40. The molecule has 168 valence electrons. The molecule has 1 saturated heterocycles. The summed E-state index contributed by atoms with van der Waals surface area (Å²) in [4.78, 5) is 17.0. The third kappa shape index (κ3) is 4.31. The van der Waals surface area contributed by atoms with Crippen LogP contribution in [0.4, 0.5) is 11.6 Å². The highest BCUT2D eigenvalue weighted by atomic mass is 32.2. The molecule has 2 aromatic carbocycles. The summed E-state index contributed by atoms with van der Waals surface area (Å²) in [6.07, 6.45) is 3.94. The fourth-order valence-electron chi connectivity index (χ4n) is 3.69. The van der Waals surface area contributed by atoms with E-state index in [1.54, 1.807) is 18.2 Å². The highest BCUT2D eigenvalue weighted by molar-refractivity contribution is 7.91. The minimum absolute atomic E-state index is 0.0278. The van der Waals surface area contributed by atoms with Crippen molar-refractivity contribution in [3.63, 3.8) is 0 Å². The molecule has 0 aliphatic carbocycles. The Morgan fingerprint density at radius 3 is 2.38 bits per heavy atom. The number of non-ortho nitro benzene ring substituents is 1. The number of anilines is 1. The van der Waals surface area contributed by atoms with Crippen molar-refractivity contribution in [1.82, 2.24) is 4.98 Å². The summed E-state index contributed by atoms with van der Waals surface area (Å²) in [7, 11) is -2.50. The maximum Gasteiger partial charge on any atom is 0.270 e. The van der Waals surface area contributed by atoms with Gasteiger partial charge in [-0.1, -0.05) is 18.9 Å². The normalized spacial score (nSPS) is 14.7. The van der Waals surface area contributed by atoms with Gasteiger partial charge >= 0.3 is 0 Å². The summed E-state index contributed by atoms with van der Waals surface area (Å²) >= 11 is 0. The first kappa shape index (κ1) is 21.8. The topological polar surface area (TPSA) is 116 Å². The molecular formula is C22H23N3O6S. The van der Waals surface area contributed by atoms with Gasteiger partial charge in [0.05, 0.1) is 16.9 Å². The average molecular weight is 458 g/mol. The molecule has 0 radical (unpaired) electrons. The molecule has 9 nitrogen and oxygen atoms in total. The molecule has 0 atom stereocenters. The van der Waals surface area contributed by atoms with E-state index in [9.17, 15) is 18.5 Å². The van der Waals surface area contributed by atoms with Crippen molar-refractivity contribution in [2.45, 2.75) is 35.6 Å². The Kier molecular flexibility index (Phi) is 6.13. The smallest absolute Gasteiger partial charge is 0.270 e. The van der Waals surface area contributed by atoms with Crippen LogP contribution in [0.2, 0.25) is 0 Å². The zero-order valence-corrected chi connectivity index (χ0v) is 18.4. The number of methoxy groups -OCH3 is 1. The predicted octanol–water partition coefficient (Wildman–Crippen LogP) is 4.47. The molecule has 2 heterocycles. The Morgan fingerprint density at radius 1 is 1.06 bits per heavy atom. The van der Waals surface area contributed by atoms with E-state index in [1.165, 1.54) is 37.4 Å². The highest BCUT2D eigenvalue weighted by Gasteiger charge is 2.32. The number of nitro groups is 1. The fraction of sp³-hybridized carbons (Fsp3) is 0.318. The quantitative estimate of drug-likeness (QED) is 0.393. The van der Waals surface area contributed by atoms with Gasteiger partial charge in [0.2, 0.25) is 26.6 Å². The monoisotopic (exact) mass is 457 g/mol. The van der Waals surface area contributed by atoms with Gasteiger partial charge < -0.3 is 14.1 Å². The Bertz CT molecular complexity index is 1210. The van der Waals surface area contributed by atoms with Gasteiger partial charge in [-0.05, 0) is 43.2 Å². The lowest BCUT2D eigenvalue weighted by Gasteiger charge is -2.20. The van der Waals surface area contributed by atoms with Crippen molar-refractivity contribution in [3.05, 3.63) is 58.6 Å². The van der Waals surface area contributed by atoms with Crippen LogP contribution in [0.5, 0.6) is 5.75 Å². The van der Waals surface area contributed by atoms with Crippen molar-refractivity contribution in [3.8, 4) is 17.2 Å². The highest BCUT2D eigenvalue weighted by Crippen LogP contribution is 2.36. The van der Waals surface area contributed by atoms with Crippen molar-refractivity contribution in [2.24, 2.45) is 0 Å². The number of nitrogens with zero attached hydrogens (tertiary/aromatic N) is 3. The Balaban J connectivity index is 1.84. The van der Waals surface area contributed by atoms with Gasteiger partial charge in [0.1, 0.15) is 5.75 Å². The Morgan fingerprint density at radius 2 is 1.75 bits per heavy atom. The summed E-state index contributed by atoms with van der Waals surface area (Å²) in [5.74, 6) is 0.735. The number of aromatic nitrogens is 1. The summed E-state index contributed by atoms with van der Waals surface area (Å²) in [6.45, 7) is 1.30. The third-order valence-corrected chi connectivity index (χ3v) is 7.07. The van der Waals surface area contributed by atoms with Gasteiger partial charge in [-0.25, -0.2) is 8.42 Å². The number of oxazole rings is 1. The van der Waals surface area contributed by atoms with E-state index < -0.39 is 14.8 Å². The zero-order chi connectivity index (χ0) is 22.7. The standard InChI is InChI=1S/C22H23N3O6S/c1-30-18-9-11-19(12-10-18)32(28,29)21-22(24-13-4-2-3-5-14-24)31-20(23-21)16-7-6-8-17(15-16)25(26)27/h6-12,15H,2-5,13-14H2,1H3. The first-order chi connectivity index (χ1) is 15.4. The third-order valence-electron chi connectivity index (χ3n) is 5.40. The van der Waals surface area contributed by atoms with E-state index in [1.807, 2.05) is 4.90 Å². The van der Waals surface area contributed by atoms with Crippen LogP contribution in [-0.2, 0) is 9.84 Å². The molecule has 1 aliphatic heterocycles. The molecule has 1 fully saturated rings. The number of nitro benzene ring substituents is 1. The van der Waals surface area contributed by atoms with E-state index in [4.69, 9.17) is 9.15 Å². The second-order valence-electron chi connectivity index (χ2n) is 7.52. The van der Waals surface area contributed by atoms with Gasteiger partial charge in [0.25, 0.3) is 5.69 Å². The first-order valence-electron chi connectivity index (χ1n) is 10.3. The van der Waals surface area contributed by atoms with Crippen molar-refractivity contribution in [1.29, 1.82) is 0 Å². The minimum Gasteiger partial charge on any atom is -0.497 e. The van der Waals surface area contributed by atoms with E-state index >= 15 is 0 Å². The second-order valence-corrected chi connectivity index (χ2v) is 9.38. The van der Waals surface area contributed by atoms with Crippen molar-refractivity contribution < 1.29 is 22.5 Å². The predicted molar refractivity (Wildman–Crippen MR) is 118 cm³/mol. The number of hydrogen-bond acceptors (Lipinski definition) is 8. The largest absolute Gasteiger partial charge is 0.497 e. The van der Waals surface area contributed by atoms with E-state index in [0.29, 0.717) is 24.4 Å². The molecule has 0 N–H and O–H groups in total. The summed E-state index contributed by atoms with van der Waals surface area (Å²) in [6, 6.07) is 11.9. The van der Waals surface area contributed by atoms with Crippen LogP contribution in [0.1, 0.15) is 25.7 Å². The molecule has 0 spiro atoms. The number of hydrogen-bond donors (Lipinski definition) is 0. The maximum atomic E-state index is 13.5. The molecule has 3 aromatic rings. The van der Waals surface area contributed by atoms with Crippen molar-refractivity contribution >= 4 is 21.4 Å². The number of ether oxygens (including phenoxy) is 1.